The summed E-state index contributed by atoms with van der Waals surface area (Å²) < 4.78 is 32.4. The predicted octanol–water partition coefficient (Wildman–Crippen LogP) is 1.66. The van der Waals surface area contributed by atoms with Crippen molar-refractivity contribution in [2.24, 2.45) is 0 Å². The lowest BCUT2D eigenvalue weighted by Gasteiger charge is -2.24. The van der Waals surface area contributed by atoms with Crippen molar-refractivity contribution in [2.45, 2.75) is 4.90 Å². The highest BCUT2D eigenvalue weighted by atomic mass is 32.2. The molecule has 0 aliphatic heterocycles. The van der Waals surface area contributed by atoms with E-state index in [9.17, 15) is 37.9 Å². The van der Waals surface area contributed by atoms with Crippen molar-refractivity contribution in [3.63, 3.8) is 0 Å². The van der Waals surface area contributed by atoms with Crippen LogP contribution >= 0.6 is 0 Å². The Labute approximate surface area is 174 Å². The van der Waals surface area contributed by atoms with Crippen LogP contribution in [0.3, 0.4) is 0 Å². The van der Waals surface area contributed by atoms with Crippen LogP contribution in [0.1, 0.15) is 31.8 Å². The van der Waals surface area contributed by atoms with Crippen LogP contribution in [0.25, 0.3) is 11.1 Å². The second-order valence-electron chi connectivity index (χ2n) is 6.85. The van der Waals surface area contributed by atoms with Gasteiger partial charge in [0.1, 0.15) is 22.1 Å². The molecule has 0 saturated heterocycles. The molecule has 31 heavy (non-hydrogen) atoms. The van der Waals surface area contributed by atoms with Gasteiger partial charge in [-0.1, -0.05) is 12.1 Å². The number of phenolic OH excluding ortho intramolecular Hbond substituents is 3. The number of rotatable bonds is 2. The van der Waals surface area contributed by atoms with Gasteiger partial charge in [-0.15, -0.1) is 0 Å². The molecule has 10 nitrogen and oxygen atoms in total. The fourth-order valence-electron chi connectivity index (χ4n) is 3.60. The van der Waals surface area contributed by atoms with E-state index in [2.05, 4.69) is 0 Å². The molecular formula is C20H14N2O8S. The first-order valence-electron chi connectivity index (χ1n) is 8.60. The molecule has 3 aromatic rings. The van der Waals surface area contributed by atoms with E-state index in [1.165, 1.54) is 30.3 Å². The van der Waals surface area contributed by atoms with E-state index in [1.54, 1.807) is 0 Å². The van der Waals surface area contributed by atoms with Gasteiger partial charge in [0.25, 0.3) is 10.1 Å². The van der Waals surface area contributed by atoms with Gasteiger partial charge >= 0.3 is 0 Å². The Morgan fingerprint density at radius 3 is 1.71 bits per heavy atom. The number of carbonyl (C=O) groups excluding carboxylic acids is 2. The molecule has 0 atom stereocenters. The number of fused-ring (bicyclic) bond motifs is 2. The number of benzene rings is 3. The Hall–Kier alpha value is -4.09. The van der Waals surface area contributed by atoms with Crippen molar-refractivity contribution < 1.29 is 37.9 Å². The van der Waals surface area contributed by atoms with Crippen LogP contribution in [0.2, 0.25) is 0 Å². The Morgan fingerprint density at radius 1 is 0.710 bits per heavy atom. The van der Waals surface area contributed by atoms with Crippen LogP contribution in [0.4, 0.5) is 11.4 Å². The van der Waals surface area contributed by atoms with Crippen LogP contribution in [0, 0.1) is 0 Å². The molecule has 0 saturated carbocycles. The Morgan fingerprint density at radius 2 is 1.19 bits per heavy atom. The van der Waals surface area contributed by atoms with Crippen LogP contribution in [0.5, 0.6) is 17.2 Å². The maximum absolute atomic E-state index is 13.2. The number of carbonyl (C=O) groups is 2. The fourth-order valence-corrected chi connectivity index (χ4v) is 4.22. The average molecular weight is 442 g/mol. The molecule has 11 heteroatoms. The first-order valence-corrected chi connectivity index (χ1v) is 10.0. The number of ketones is 2. The van der Waals surface area contributed by atoms with Gasteiger partial charge in [-0.3, -0.25) is 14.1 Å². The van der Waals surface area contributed by atoms with Gasteiger partial charge in [0.05, 0.1) is 22.3 Å². The molecule has 8 N–H and O–H groups in total. The summed E-state index contributed by atoms with van der Waals surface area (Å²) in [5.41, 5.74) is 9.33. The van der Waals surface area contributed by atoms with Gasteiger partial charge < -0.3 is 26.8 Å². The molecule has 0 aromatic heterocycles. The zero-order valence-electron chi connectivity index (χ0n) is 15.4. The zero-order chi connectivity index (χ0) is 22.8. The first-order chi connectivity index (χ1) is 14.4. The van der Waals surface area contributed by atoms with E-state index in [4.69, 9.17) is 11.5 Å². The van der Waals surface area contributed by atoms with Gasteiger partial charge in [-0.05, 0) is 29.8 Å². The highest BCUT2D eigenvalue weighted by molar-refractivity contribution is 7.86. The highest BCUT2D eigenvalue weighted by Crippen LogP contribution is 2.46. The molecule has 0 radical (unpaired) electrons. The number of nitrogen functional groups attached to an aromatic ring is 2. The molecule has 0 spiro atoms. The van der Waals surface area contributed by atoms with Crippen molar-refractivity contribution >= 4 is 33.1 Å². The average Bonchev–Trinajstić information content (AvgIpc) is 2.68. The summed E-state index contributed by atoms with van der Waals surface area (Å²) >= 11 is 0. The van der Waals surface area contributed by atoms with Crippen LogP contribution in [-0.4, -0.2) is 39.9 Å². The molecule has 1 aliphatic carbocycles. The highest BCUT2D eigenvalue weighted by Gasteiger charge is 2.40. The third-order valence-corrected chi connectivity index (χ3v) is 5.86. The Kier molecular flexibility index (Phi) is 4.20. The van der Waals surface area contributed by atoms with Crippen LogP contribution < -0.4 is 11.5 Å². The monoisotopic (exact) mass is 442 g/mol. The zero-order valence-corrected chi connectivity index (χ0v) is 16.3. The number of anilines is 2. The van der Waals surface area contributed by atoms with E-state index >= 15 is 0 Å². The molecule has 4 rings (SSSR count). The minimum Gasteiger partial charge on any atom is -0.508 e. The molecule has 0 bridgehead atoms. The summed E-state index contributed by atoms with van der Waals surface area (Å²) in [4.78, 5) is 25.2. The second-order valence-corrected chi connectivity index (χ2v) is 8.24. The third-order valence-electron chi connectivity index (χ3n) is 4.99. The number of nitrogens with two attached hydrogens (primary N) is 2. The largest absolute Gasteiger partial charge is 0.508 e. The number of hydrogen-bond acceptors (Lipinski definition) is 9. The lowest BCUT2D eigenvalue weighted by atomic mass is 9.80. The van der Waals surface area contributed by atoms with E-state index in [-0.39, 0.29) is 17.0 Å². The van der Waals surface area contributed by atoms with Gasteiger partial charge in [0.15, 0.2) is 0 Å². The lowest BCUT2D eigenvalue weighted by Crippen LogP contribution is -2.25. The predicted molar refractivity (Wildman–Crippen MR) is 109 cm³/mol. The standard InChI is InChI=1S/C20H14N2O8S/c21-10-5-9(7-1-3-8(23)4-2-7)17(24)15-13(10)20(27)16-14(19(15)26)11(22)6-12(18(16)25)31(28,29)30/h1-6,23-25H,21-22H2,(H,28,29,30). The van der Waals surface area contributed by atoms with Crippen molar-refractivity contribution in [3.8, 4) is 28.4 Å². The summed E-state index contributed by atoms with van der Waals surface area (Å²) in [5.74, 6) is -3.80. The number of hydrogen-bond donors (Lipinski definition) is 6. The molecule has 158 valence electrons. The Bertz CT molecular complexity index is 1430. The lowest BCUT2D eigenvalue weighted by molar-refractivity contribution is 0.0975. The summed E-state index contributed by atoms with van der Waals surface area (Å²) in [6, 6.07) is 7.47. The van der Waals surface area contributed by atoms with Gasteiger partial charge in [0.2, 0.25) is 11.6 Å². The van der Waals surface area contributed by atoms with Crippen molar-refractivity contribution in [1.82, 2.24) is 0 Å². The maximum atomic E-state index is 13.2. The van der Waals surface area contributed by atoms with E-state index in [0.717, 1.165) is 0 Å². The second kappa shape index (κ2) is 6.45. The third kappa shape index (κ3) is 2.86. The first kappa shape index (κ1) is 20.2. The Balaban J connectivity index is 2.05. The van der Waals surface area contributed by atoms with Crippen LogP contribution in [-0.2, 0) is 10.1 Å². The van der Waals surface area contributed by atoms with E-state index in [1.807, 2.05) is 0 Å². The van der Waals surface area contributed by atoms with Gasteiger partial charge in [-0.25, -0.2) is 0 Å². The summed E-state index contributed by atoms with van der Waals surface area (Å²) in [6.07, 6.45) is 0. The van der Waals surface area contributed by atoms with Crippen LogP contribution in [0.15, 0.2) is 41.3 Å². The quantitative estimate of drug-likeness (QED) is 0.150. The summed E-state index contributed by atoms with van der Waals surface area (Å²) in [6.45, 7) is 0. The molecule has 0 unspecified atom stereocenters. The maximum Gasteiger partial charge on any atom is 0.298 e. The number of aromatic hydroxyl groups is 3. The van der Waals surface area contributed by atoms with Gasteiger partial charge in [0, 0.05) is 16.9 Å². The van der Waals surface area contributed by atoms with Crippen molar-refractivity contribution in [3.05, 3.63) is 58.7 Å². The topological polar surface area (TPSA) is 201 Å². The van der Waals surface area contributed by atoms with E-state index in [0.29, 0.717) is 11.6 Å². The minimum absolute atomic E-state index is 0.0350. The molecule has 0 heterocycles. The smallest absolute Gasteiger partial charge is 0.298 e. The van der Waals surface area contributed by atoms with Crippen molar-refractivity contribution in [1.29, 1.82) is 0 Å². The SMILES string of the molecule is Nc1cc(-c2ccc(O)cc2)c(O)c2c1C(=O)c1c(O)c(S(=O)(=O)O)cc(N)c1C2=O. The molecular weight excluding hydrogens is 428 g/mol. The minimum atomic E-state index is -4.97. The molecule has 1 aliphatic rings. The fraction of sp³-hybridized carbons (Fsp3) is 0. The normalized spacial score (nSPS) is 13.1. The molecule has 3 aromatic carbocycles. The number of phenols is 3. The van der Waals surface area contributed by atoms with E-state index < -0.39 is 66.0 Å². The summed E-state index contributed by atoms with van der Waals surface area (Å²) in [7, 11) is -4.97. The summed E-state index contributed by atoms with van der Waals surface area (Å²) in [5, 5.41) is 30.6. The molecule has 0 fully saturated rings. The van der Waals surface area contributed by atoms with Crippen molar-refractivity contribution in [2.75, 3.05) is 11.5 Å². The molecule has 0 amide bonds. The van der Waals surface area contributed by atoms with Gasteiger partial charge in [-0.2, -0.15) is 8.42 Å².